The number of hydrogen-bond acceptors (Lipinski definition) is 3. The van der Waals surface area contributed by atoms with Gasteiger partial charge in [-0.15, -0.1) is 0 Å². The van der Waals surface area contributed by atoms with Gasteiger partial charge in [0.25, 0.3) is 6.43 Å². The maximum absolute atomic E-state index is 12.8. The van der Waals surface area contributed by atoms with E-state index in [9.17, 15) is 17.2 Å². The molecular weight excluding hydrogens is 348 g/mol. The fourth-order valence-corrected chi connectivity index (χ4v) is 3.29. The molecule has 0 aliphatic rings. The van der Waals surface area contributed by atoms with E-state index in [1.807, 2.05) is 0 Å². The number of aryl methyl sites for hydroxylation is 2. The van der Waals surface area contributed by atoms with E-state index < -0.39 is 16.4 Å². The number of hydrogen-bond donors (Lipinski definition) is 1. The SMILES string of the molecule is Cn1cc(C(F)F)c(CNS(=O)(=O)CCc2cccc(Cl)c2)n1. The van der Waals surface area contributed by atoms with Crippen LogP contribution in [-0.2, 0) is 30.0 Å². The van der Waals surface area contributed by atoms with E-state index in [0.717, 1.165) is 5.56 Å². The lowest BCUT2D eigenvalue weighted by Gasteiger charge is -2.07. The Morgan fingerprint density at radius 3 is 2.78 bits per heavy atom. The number of halogens is 3. The van der Waals surface area contributed by atoms with Crippen LogP contribution in [0.5, 0.6) is 0 Å². The largest absolute Gasteiger partial charge is 0.275 e. The van der Waals surface area contributed by atoms with Crippen LogP contribution in [0.25, 0.3) is 0 Å². The normalized spacial score (nSPS) is 12.0. The molecule has 0 aliphatic heterocycles. The van der Waals surface area contributed by atoms with Gasteiger partial charge in [-0.05, 0) is 24.1 Å². The zero-order chi connectivity index (χ0) is 17.0. The summed E-state index contributed by atoms with van der Waals surface area (Å²) in [5.74, 6) is -0.163. The maximum atomic E-state index is 12.8. The zero-order valence-corrected chi connectivity index (χ0v) is 13.9. The van der Waals surface area contributed by atoms with Crippen LogP contribution in [0.15, 0.2) is 30.5 Å². The highest BCUT2D eigenvalue weighted by Crippen LogP contribution is 2.21. The highest BCUT2D eigenvalue weighted by Gasteiger charge is 2.19. The summed E-state index contributed by atoms with van der Waals surface area (Å²) in [7, 11) is -2.11. The van der Waals surface area contributed by atoms with Crippen molar-refractivity contribution in [1.29, 1.82) is 0 Å². The third-order valence-electron chi connectivity index (χ3n) is 3.18. The molecule has 1 N–H and O–H groups in total. The van der Waals surface area contributed by atoms with Gasteiger partial charge in [-0.1, -0.05) is 23.7 Å². The lowest BCUT2D eigenvalue weighted by atomic mass is 10.2. The summed E-state index contributed by atoms with van der Waals surface area (Å²) >= 11 is 5.84. The second kappa shape index (κ2) is 7.37. The molecule has 2 rings (SSSR count). The van der Waals surface area contributed by atoms with Gasteiger partial charge < -0.3 is 0 Å². The molecule has 0 fully saturated rings. The van der Waals surface area contributed by atoms with E-state index in [0.29, 0.717) is 5.02 Å². The highest BCUT2D eigenvalue weighted by atomic mass is 35.5. The molecular formula is C14H16ClF2N3O2S. The summed E-state index contributed by atoms with van der Waals surface area (Å²) in [6.07, 6.45) is -1.24. The van der Waals surface area contributed by atoms with Crippen molar-refractivity contribution in [3.63, 3.8) is 0 Å². The van der Waals surface area contributed by atoms with Gasteiger partial charge in [0.05, 0.1) is 23.6 Å². The number of nitrogens with one attached hydrogen (secondary N) is 1. The fourth-order valence-electron chi connectivity index (χ4n) is 2.07. The molecule has 0 atom stereocenters. The van der Waals surface area contributed by atoms with Crippen LogP contribution in [0.4, 0.5) is 8.78 Å². The summed E-state index contributed by atoms with van der Waals surface area (Å²) in [5.41, 5.74) is 0.535. The highest BCUT2D eigenvalue weighted by molar-refractivity contribution is 7.89. The Kier molecular flexibility index (Phi) is 5.72. The minimum absolute atomic E-state index is 0.0221. The molecule has 23 heavy (non-hydrogen) atoms. The molecule has 1 heterocycles. The number of sulfonamides is 1. The first-order chi connectivity index (χ1) is 10.8. The van der Waals surface area contributed by atoms with Crippen molar-refractivity contribution in [1.82, 2.24) is 14.5 Å². The first-order valence-corrected chi connectivity index (χ1v) is 8.82. The molecule has 9 heteroatoms. The molecule has 5 nitrogen and oxygen atoms in total. The van der Waals surface area contributed by atoms with Crippen molar-refractivity contribution < 1.29 is 17.2 Å². The van der Waals surface area contributed by atoms with Crippen molar-refractivity contribution in [2.45, 2.75) is 19.4 Å². The van der Waals surface area contributed by atoms with E-state index in [4.69, 9.17) is 11.6 Å². The average Bonchev–Trinajstić information content (AvgIpc) is 2.85. The van der Waals surface area contributed by atoms with Crippen molar-refractivity contribution in [2.24, 2.45) is 7.05 Å². The first kappa shape index (κ1) is 17.8. The fraction of sp³-hybridized carbons (Fsp3) is 0.357. The van der Waals surface area contributed by atoms with Crippen LogP contribution in [0.2, 0.25) is 5.02 Å². The summed E-state index contributed by atoms with van der Waals surface area (Å²) in [6.45, 7) is -0.265. The molecule has 2 aromatic rings. The van der Waals surface area contributed by atoms with E-state index in [-0.39, 0.29) is 30.0 Å². The van der Waals surface area contributed by atoms with Crippen molar-refractivity contribution in [3.8, 4) is 0 Å². The number of rotatable bonds is 7. The number of nitrogens with zero attached hydrogens (tertiary/aromatic N) is 2. The Balaban J connectivity index is 1.96. The molecule has 0 bridgehead atoms. The zero-order valence-electron chi connectivity index (χ0n) is 12.3. The summed E-state index contributed by atoms with van der Waals surface area (Å²) in [6, 6.07) is 6.89. The van der Waals surface area contributed by atoms with Crippen LogP contribution >= 0.6 is 11.6 Å². The first-order valence-electron chi connectivity index (χ1n) is 6.79. The molecule has 0 saturated carbocycles. The molecule has 1 aromatic heterocycles. The van der Waals surface area contributed by atoms with Gasteiger partial charge in [-0.3, -0.25) is 4.68 Å². The standard InChI is InChI=1S/C14H16ClF2N3O2S/c1-20-9-12(14(16)17)13(19-20)8-18-23(21,22)6-5-10-3-2-4-11(15)7-10/h2-4,7,9,14,18H,5-6,8H2,1H3. The van der Waals surface area contributed by atoms with Gasteiger partial charge in [-0.25, -0.2) is 21.9 Å². The van der Waals surface area contributed by atoms with E-state index >= 15 is 0 Å². The second-order valence-corrected chi connectivity index (χ2v) is 7.39. The van der Waals surface area contributed by atoms with Crippen molar-refractivity contribution >= 4 is 21.6 Å². The summed E-state index contributed by atoms with van der Waals surface area (Å²) in [4.78, 5) is 0. The number of alkyl halides is 2. The minimum atomic E-state index is -3.61. The molecule has 0 amide bonds. The predicted molar refractivity (Wildman–Crippen MR) is 83.9 cm³/mol. The average molecular weight is 364 g/mol. The maximum Gasteiger partial charge on any atom is 0.267 e. The Bertz CT molecular complexity index is 778. The molecule has 0 unspecified atom stereocenters. The minimum Gasteiger partial charge on any atom is -0.275 e. The van der Waals surface area contributed by atoms with Gasteiger partial charge in [0.2, 0.25) is 10.0 Å². The van der Waals surface area contributed by atoms with Crippen LogP contribution in [0, 0.1) is 0 Å². The third kappa shape index (κ3) is 5.26. The van der Waals surface area contributed by atoms with E-state index in [2.05, 4.69) is 9.82 Å². The molecule has 0 radical (unpaired) electrons. The van der Waals surface area contributed by atoms with Crippen LogP contribution < -0.4 is 4.72 Å². The molecule has 0 saturated heterocycles. The summed E-state index contributed by atoms with van der Waals surface area (Å²) in [5, 5.41) is 4.39. The van der Waals surface area contributed by atoms with Crippen molar-refractivity contribution in [3.05, 3.63) is 52.3 Å². The Labute approximate surface area is 138 Å². The summed E-state index contributed by atoms with van der Waals surface area (Å²) < 4.78 is 53.1. The molecule has 0 aliphatic carbocycles. The number of aromatic nitrogens is 2. The Morgan fingerprint density at radius 2 is 2.13 bits per heavy atom. The Hall–Kier alpha value is -1.51. The van der Waals surface area contributed by atoms with Crippen LogP contribution in [0.1, 0.15) is 23.2 Å². The second-order valence-electron chi connectivity index (χ2n) is 5.03. The lowest BCUT2D eigenvalue weighted by Crippen LogP contribution is -2.27. The van der Waals surface area contributed by atoms with Gasteiger partial charge in [0, 0.05) is 18.3 Å². The molecule has 0 spiro atoms. The molecule has 126 valence electrons. The predicted octanol–water partition coefficient (Wildman–Crippen LogP) is 2.67. The lowest BCUT2D eigenvalue weighted by molar-refractivity contribution is 0.150. The topological polar surface area (TPSA) is 64.0 Å². The van der Waals surface area contributed by atoms with E-state index in [1.54, 1.807) is 24.3 Å². The monoisotopic (exact) mass is 363 g/mol. The van der Waals surface area contributed by atoms with Crippen LogP contribution in [0.3, 0.4) is 0 Å². The van der Waals surface area contributed by atoms with Gasteiger partial charge in [0.15, 0.2) is 0 Å². The van der Waals surface area contributed by atoms with Gasteiger partial charge in [0.1, 0.15) is 0 Å². The van der Waals surface area contributed by atoms with E-state index in [1.165, 1.54) is 17.9 Å². The quantitative estimate of drug-likeness (QED) is 0.822. The van der Waals surface area contributed by atoms with Crippen LogP contribution in [-0.4, -0.2) is 24.0 Å². The van der Waals surface area contributed by atoms with Gasteiger partial charge in [-0.2, -0.15) is 5.10 Å². The van der Waals surface area contributed by atoms with Crippen molar-refractivity contribution in [2.75, 3.05) is 5.75 Å². The van der Waals surface area contributed by atoms with Gasteiger partial charge >= 0.3 is 0 Å². The number of benzene rings is 1. The smallest absolute Gasteiger partial charge is 0.267 e. The molecule has 1 aromatic carbocycles. The Morgan fingerprint density at radius 1 is 1.39 bits per heavy atom. The third-order valence-corrected chi connectivity index (χ3v) is 4.74.